The lowest BCUT2D eigenvalue weighted by Crippen LogP contribution is -2.14. The van der Waals surface area contributed by atoms with Crippen molar-refractivity contribution >= 4 is 15.5 Å². The SMILES string of the molecule is O=S(=O)(c1ccccc1NCc1ccc(C(F)(F)F)cc1)C(F)F. The molecular formula is C15H12F5NO2S. The van der Waals surface area contributed by atoms with Gasteiger partial charge < -0.3 is 5.32 Å². The lowest BCUT2D eigenvalue weighted by molar-refractivity contribution is -0.137. The van der Waals surface area contributed by atoms with Crippen LogP contribution >= 0.6 is 0 Å². The average Bonchev–Trinajstić information content (AvgIpc) is 2.52. The van der Waals surface area contributed by atoms with E-state index in [1.807, 2.05) is 0 Å². The van der Waals surface area contributed by atoms with Gasteiger partial charge in [-0.25, -0.2) is 8.42 Å². The molecule has 24 heavy (non-hydrogen) atoms. The molecule has 0 saturated carbocycles. The number of nitrogens with one attached hydrogen (secondary N) is 1. The Labute approximate surface area is 135 Å². The molecule has 0 radical (unpaired) electrons. The molecule has 3 nitrogen and oxygen atoms in total. The van der Waals surface area contributed by atoms with Crippen molar-refractivity contribution in [2.75, 3.05) is 5.32 Å². The summed E-state index contributed by atoms with van der Waals surface area (Å²) in [6.07, 6.45) is -4.45. The highest BCUT2D eigenvalue weighted by Crippen LogP contribution is 2.30. The van der Waals surface area contributed by atoms with Gasteiger partial charge in [-0.15, -0.1) is 0 Å². The quantitative estimate of drug-likeness (QED) is 0.803. The number of alkyl halides is 5. The van der Waals surface area contributed by atoms with Crippen LogP contribution in [0.25, 0.3) is 0 Å². The van der Waals surface area contributed by atoms with E-state index in [1.165, 1.54) is 30.3 Å². The minimum absolute atomic E-state index is 0.0199. The van der Waals surface area contributed by atoms with E-state index in [2.05, 4.69) is 5.32 Å². The summed E-state index contributed by atoms with van der Waals surface area (Å²) in [4.78, 5) is -0.563. The molecule has 0 unspecified atom stereocenters. The highest BCUT2D eigenvalue weighted by Gasteiger charge is 2.30. The van der Waals surface area contributed by atoms with Crippen LogP contribution in [0.4, 0.5) is 27.6 Å². The Kier molecular flexibility index (Phi) is 5.12. The molecule has 0 amide bonds. The van der Waals surface area contributed by atoms with Crippen molar-refractivity contribution in [1.82, 2.24) is 0 Å². The third-order valence-corrected chi connectivity index (χ3v) is 4.63. The summed E-state index contributed by atoms with van der Waals surface area (Å²) in [6, 6.07) is 9.33. The van der Waals surface area contributed by atoms with E-state index in [0.717, 1.165) is 18.2 Å². The maximum Gasteiger partial charge on any atom is 0.416 e. The van der Waals surface area contributed by atoms with Gasteiger partial charge in [0.25, 0.3) is 0 Å². The number of benzene rings is 2. The Bertz CT molecular complexity index is 801. The van der Waals surface area contributed by atoms with Gasteiger partial charge in [0.1, 0.15) is 0 Å². The summed E-state index contributed by atoms with van der Waals surface area (Å²) in [5.74, 6) is -3.56. The second kappa shape index (κ2) is 6.76. The third-order valence-electron chi connectivity index (χ3n) is 3.19. The number of sulfone groups is 1. The highest BCUT2D eigenvalue weighted by atomic mass is 32.2. The van der Waals surface area contributed by atoms with Gasteiger partial charge in [-0.3, -0.25) is 0 Å². The summed E-state index contributed by atoms with van der Waals surface area (Å²) < 4.78 is 86.0. The topological polar surface area (TPSA) is 46.2 Å². The molecule has 0 bridgehead atoms. The predicted octanol–water partition coefficient (Wildman–Crippen LogP) is 4.31. The first-order valence-corrected chi connectivity index (χ1v) is 8.18. The van der Waals surface area contributed by atoms with Crippen LogP contribution in [-0.2, 0) is 22.6 Å². The van der Waals surface area contributed by atoms with Crippen LogP contribution in [0.3, 0.4) is 0 Å². The first-order valence-electron chi connectivity index (χ1n) is 6.63. The van der Waals surface area contributed by atoms with Crippen LogP contribution in [0.5, 0.6) is 0 Å². The maximum atomic E-state index is 12.7. The van der Waals surface area contributed by atoms with Gasteiger partial charge in [0.15, 0.2) is 0 Å². The largest absolute Gasteiger partial charge is 0.416 e. The van der Waals surface area contributed by atoms with E-state index < -0.39 is 32.2 Å². The van der Waals surface area contributed by atoms with Crippen LogP contribution in [-0.4, -0.2) is 14.2 Å². The molecule has 9 heteroatoms. The fourth-order valence-electron chi connectivity index (χ4n) is 1.97. The van der Waals surface area contributed by atoms with Gasteiger partial charge >= 0.3 is 11.9 Å². The molecule has 2 aromatic carbocycles. The Morgan fingerprint density at radius 3 is 2.08 bits per heavy atom. The number of hydrogen-bond acceptors (Lipinski definition) is 3. The zero-order valence-electron chi connectivity index (χ0n) is 12.0. The molecule has 2 rings (SSSR count). The molecule has 0 heterocycles. The van der Waals surface area contributed by atoms with E-state index in [4.69, 9.17) is 0 Å². The first kappa shape index (κ1) is 18.2. The number of hydrogen-bond donors (Lipinski definition) is 1. The van der Waals surface area contributed by atoms with Gasteiger partial charge in [-0.2, -0.15) is 22.0 Å². The Morgan fingerprint density at radius 1 is 0.958 bits per heavy atom. The van der Waals surface area contributed by atoms with Crippen molar-refractivity contribution in [3.05, 3.63) is 59.7 Å². The predicted molar refractivity (Wildman–Crippen MR) is 78.4 cm³/mol. The Morgan fingerprint density at radius 2 is 1.54 bits per heavy atom. The number of para-hydroxylation sites is 1. The van der Waals surface area contributed by atoms with Crippen LogP contribution in [0.2, 0.25) is 0 Å². The van der Waals surface area contributed by atoms with Crippen LogP contribution < -0.4 is 5.32 Å². The van der Waals surface area contributed by atoms with Gasteiger partial charge in [0.05, 0.1) is 16.1 Å². The monoisotopic (exact) mass is 365 g/mol. The highest BCUT2D eigenvalue weighted by molar-refractivity contribution is 7.91. The second-order valence-corrected chi connectivity index (χ2v) is 6.74. The van der Waals surface area contributed by atoms with E-state index in [-0.39, 0.29) is 12.2 Å². The lowest BCUT2D eigenvalue weighted by Gasteiger charge is -2.13. The van der Waals surface area contributed by atoms with Crippen molar-refractivity contribution in [3.63, 3.8) is 0 Å². The molecule has 0 saturated heterocycles. The molecule has 130 valence electrons. The van der Waals surface area contributed by atoms with E-state index in [9.17, 15) is 30.4 Å². The molecule has 1 N–H and O–H groups in total. The Hall–Kier alpha value is -2.16. The van der Waals surface area contributed by atoms with Crippen molar-refractivity contribution in [2.45, 2.75) is 23.4 Å². The molecule has 2 aromatic rings. The summed E-state index contributed by atoms with van der Waals surface area (Å²) in [5.41, 5.74) is -0.420. The van der Waals surface area contributed by atoms with Crippen LogP contribution in [0.1, 0.15) is 11.1 Å². The second-order valence-electron chi connectivity index (χ2n) is 4.85. The van der Waals surface area contributed by atoms with Crippen LogP contribution in [0, 0.1) is 0 Å². The van der Waals surface area contributed by atoms with Gasteiger partial charge in [0, 0.05) is 6.54 Å². The summed E-state index contributed by atoms with van der Waals surface area (Å²) >= 11 is 0. The molecule has 0 aromatic heterocycles. The summed E-state index contributed by atoms with van der Waals surface area (Å²) in [6.45, 7) is -0.0199. The fraction of sp³-hybridized carbons (Fsp3) is 0.200. The fourth-order valence-corrected chi connectivity index (χ4v) is 2.87. The van der Waals surface area contributed by atoms with Crippen molar-refractivity contribution in [2.24, 2.45) is 0 Å². The molecular weight excluding hydrogens is 353 g/mol. The van der Waals surface area contributed by atoms with Crippen LogP contribution in [0.15, 0.2) is 53.4 Å². The van der Waals surface area contributed by atoms with E-state index >= 15 is 0 Å². The normalized spacial score (nSPS) is 12.4. The van der Waals surface area contributed by atoms with Crippen molar-refractivity contribution in [3.8, 4) is 0 Å². The molecule has 0 fully saturated rings. The summed E-state index contributed by atoms with van der Waals surface area (Å²) in [5, 5.41) is 2.65. The molecule has 0 aliphatic carbocycles. The smallest absolute Gasteiger partial charge is 0.380 e. The Balaban J connectivity index is 2.19. The van der Waals surface area contributed by atoms with E-state index in [1.54, 1.807) is 0 Å². The van der Waals surface area contributed by atoms with Crippen molar-refractivity contribution in [1.29, 1.82) is 0 Å². The number of anilines is 1. The molecule has 0 atom stereocenters. The first-order chi connectivity index (χ1) is 11.1. The van der Waals surface area contributed by atoms with Gasteiger partial charge in [-0.1, -0.05) is 24.3 Å². The minimum Gasteiger partial charge on any atom is -0.380 e. The molecule has 0 aliphatic heterocycles. The van der Waals surface area contributed by atoms with Gasteiger partial charge in [-0.05, 0) is 29.8 Å². The van der Waals surface area contributed by atoms with Gasteiger partial charge in [0.2, 0.25) is 9.84 Å². The lowest BCUT2D eigenvalue weighted by atomic mass is 10.1. The average molecular weight is 365 g/mol. The number of halogens is 5. The number of rotatable bonds is 5. The minimum atomic E-state index is -4.78. The molecule has 0 aliphatic rings. The molecule has 0 spiro atoms. The maximum absolute atomic E-state index is 12.7. The van der Waals surface area contributed by atoms with Crippen molar-refractivity contribution < 1.29 is 30.4 Å². The zero-order chi connectivity index (χ0) is 18.0. The zero-order valence-corrected chi connectivity index (χ0v) is 12.8. The third kappa shape index (κ3) is 4.02. The van der Waals surface area contributed by atoms with E-state index in [0.29, 0.717) is 5.56 Å². The standard InChI is InChI=1S/C15H12F5NO2S/c16-14(17)24(22,23)13-4-2-1-3-12(13)21-9-10-5-7-11(8-6-10)15(18,19)20/h1-8,14,21H,9H2. The summed E-state index contributed by atoms with van der Waals surface area (Å²) in [7, 11) is -4.78.